The number of likely N-dealkylation sites (tertiary alicyclic amines) is 1. The van der Waals surface area contributed by atoms with Crippen molar-refractivity contribution < 1.29 is 5.11 Å². The third-order valence-corrected chi connectivity index (χ3v) is 5.00. The third kappa shape index (κ3) is 4.43. The molecule has 1 aliphatic rings. The second-order valence-corrected chi connectivity index (χ2v) is 7.03. The molecule has 0 amide bonds. The Morgan fingerprint density at radius 1 is 0.913 bits per heavy atom. The molecule has 1 fully saturated rings. The summed E-state index contributed by atoms with van der Waals surface area (Å²) in [5, 5.41) is 10.3. The van der Waals surface area contributed by atoms with Crippen molar-refractivity contribution in [3.05, 3.63) is 71.8 Å². The van der Waals surface area contributed by atoms with Gasteiger partial charge in [0.05, 0.1) is 5.60 Å². The Hall–Kier alpha value is -1.64. The minimum Gasteiger partial charge on any atom is -0.390 e. The van der Waals surface area contributed by atoms with Crippen molar-refractivity contribution >= 4 is 0 Å². The molecule has 122 valence electrons. The number of hydrogen-bond acceptors (Lipinski definition) is 2. The van der Waals surface area contributed by atoms with Crippen LogP contribution >= 0.6 is 0 Å². The van der Waals surface area contributed by atoms with Gasteiger partial charge >= 0.3 is 0 Å². The summed E-state index contributed by atoms with van der Waals surface area (Å²) in [4.78, 5) is 2.52. The molecule has 2 aromatic rings. The smallest absolute Gasteiger partial charge is 0.0632 e. The molecule has 23 heavy (non-hydrogen) atoms. The largest absolute Gasteiger partial charge is 0.390 e. The highest BCUT2D eigenvalue weighted by Crippen LogP contribution is 2.28. The van der Waals surface area contributed by atoms with Gasteiger partial charge in [0.15, 0.2) is 0 Å². The molecule has 1 saturated heterocycles. The van der Waals surface area contributed by atoms with Crippen LogP contribution in [0.1, 0.15) is 43.2 Å². The molecule has 1 unspecified atom stereocenters. The lowest BCUT2D eigenvalue weighted by atomic mass is 9.90. The van der Waals surface area contributed by atoms with Gasteiger partial charge in [-0.3, -0.25) is 0 Å². The molecule has 0 spiro atoms. The molecule has 0 saturated carbocycles. The zero-order chi connectivity index (χ0) is 16.1. The maximum atomic E-state index is 10.3. The Morgan fingerprint density at radius 3 is 2.04 bits per heavy atom. The molecule has 0 aromatic heterocycles. The van der Waals surface area contributed by atoms with Crippen molar-refractivity contribution in [1.29, 1.82) is 0 Å². The van der Waals surface area contributed by atoms with Gasteiger partial charge in [0, 0.05) is 19.0 Å². The molecule has 2 aromatic carbocycles. The lowest BCUT2D eigenvalue weighted by molar-refractivity contribution is 0.0446. The topological polar surface area (TPSA) is 23.5 Å². The van der Waals surface area contributed by atoms with Crippen LogP contribution in [-0.2, 0) is 0 Å². The third-order valence-electron chi connectivity index (χ3n) is 5.00. The van der Waals surface area contributed by atoms with Gasteiger partial charge in [0.2, 0.25) is 0 Å². The lowest BCUT2D eigenvalue weighted by Crippen LogP contribution is -2.32. The SMILES string of the molecule is CC1(O)CCCN(CC(c2ccccc2)c2ccccc2)CC1. The van der Waals surface area contributed by atoms with E-state index in [1.54, 1.807) is 0 Å². The fraction of sp³-hybridized carbons (Fsp3) is 0.429. The van der Waals surface area contributed by atoms with Crippen molar-refractivity contribution in [1.82, 2.24) is 4.90 Å². The fourth-order valence-electron chi connectivity index (χ4n) is 3.53. The average molecular weight is 309 g/mol. The number of nitrogens with zero attached hydrogens (tertiary/aromatic N) is 1. The molecule has 3 rings (SSSR count). The highest BCUT2D eigenvalue weighted by atomic mass is 16.3. The van der Waals surface area contributed by atoms with Gasteiger partial charge in [-0.15, -0.1) is 0 Å². The second kappa shape index (κ2) is 7.29. The summed E-state index contributed by atoms with van der Waals surface area (Å²) in [5.41, 5.74) is 2.24. The van der Waals surface area contributed by atoms with Crippen LogP contribution in [0.15, 0.2) is 60.7 Å². The van der Waals surface area contributed by atoms with Crippen molar-refractivity contribution in [2.45, 2.75) is 37.7 Å². The van der Waals surface area contributed by atoms with Gasteiger partial charge in [-0.05, 0) is 43.9 Å². The first kappa shape index (κ1) is 16.2. The van der Waals surface area contributed by atoms with E-state index in [-0.39, 0.29) is 0 Å². The lowest BCUT2D eigenvalue weighted by Gasteiger charge is -2.27. The van der Waals surface area contributed by atoms with Crippen LogP contribution in [-0.4, -0.2) is 35.2 Å². The normalized spacial score (nSPS) is 22.9. The summed E-state index contributed by atoms with van der Waals surface area (Å²) in [6.07, 6.45) is 2.84. The van der Waals surface area contributed by atoms with Crippen LogP contribution in [0.25, 0.3) is 0 Å². The number of benzene rings is 2. The maximum Gasteiger partial charge on any atom is 0.0632 e. The van der Waals surface area contributed by atoms with Crippen LogP contribution in [0.5, 0.6) is 0 Å². The van der Waals surface area contributed by atoms with E-state index < -0.39 is 5.60 Å². The first-order valence-corrected chi connectivity index (χ1v) is 8.69. The molecule has 1 heterocycles. The Labute approximate surface area is 139 Å². The van der Waals surface area contributed by atoms with Gasteiger partial charge in [-0.25, -0.2) is 0 Å². The van der Waals surface area contributed by atoms with Crippen LogP contribution in [0, 0.1) is 0 Å². The molecule has 0 radical (unpaired) electrons. The highest BCUT2D eigenvalue weighted by Gasteiger charge is 2.26. The van der Waals surface area contributed by atoms with Crippen LogP contribution in [0.3, 0.4) is 0 Å². The van der Waals surface area contributed by atoms with E-state index >= 15 is 0 Å². The first-order valence-electron chi connectivity index (χ1n) is 8.69. The van der Waals surface area contributed by atoms with E-state index in [0.717, 1.165) is 38.9 Å². The van der Waals surface area contributed by atoms with Crippen molar-refractivity contribution in [2.24, 2.45) is 0 Å². The van der Waals surface area contributed by atoms with Gasteiger partial charge in [0.1, 0.15) is 0 Å². The standard InChI is InChI=1S/C21H27NO/c1-21(23)13-8-15-22(16-14-21)17-20(18-9-4-2-5-10-18)19-11-6-3-7-12-19/h2-7,9-12,20,23H,8,13-17H2,1H3. The minimum atomic E-state index is -0.496. The second-order valence-electron chi connectivity index (χ2n) is 7.03. The molecule has 1 N–H and O–H groups in total. The summed E-state index contributed by atoms with van der Waals surface area (Å²) >= 11 is 0. The summed E-state index contributed by atoms with van der Waals surface area (Å²) < 4.78 is 0. The highest BCUT2D eigenvalue weighted by molar-refractivity contribution is 5.32. The minimum absolute atomic E-state index is 0.389. The Kier molecular flexibility index (Phi) is 5.14. The predicted octanol–water partition coefficient (Wildman–Crippen LogP) is 4.06. The summed E-state index contributed by atoms with van der Waals surface area (Å²) in [7, 11) is 0. The zero-order valence-electron chi connectivity index (χ0n) is 14.0. The van der Waals surface area contributed by atoms with E-state index in [4.69, 9.17) is 0 Å². The van der Waals surface area contributed by atoms with Crippen molar-refractivity contribution in [3.63, 3.8) is 0 Å². The number of aliphatic hydroxyl groups is 1. The first-order chi connectivity index (χ1) is 11.1. The molecule has 0 bridgehead atoms. The van der Waals surface area contributed by atoms with Crippen LogP contribution in [0.2, 0.25) is 0 Å². The van der Waals surface area contributed by atoms with Gasteiger partial charge in [0.25, 0.3) is 0 Å². The van der Waals surface area contributed by atoms with Gasteiger partial charge in [-0.2, -0.15) is 0 Å². The van der Waals surface area contributed by atoms with Crippen LogP contribution in [0.4, 0.5) is 0 Å². The predicted molar refractivity (Wildman–Crippen MR) is 95.6 cm³/mol. The van der Waals surface area contributed by atoms with Gasteiger partial charge < -0.3 is 10.0 Å². The zero-order valence-corrected chi connectivity index (χ0v) is 14.0. The van der Waals surface area contributed by atoms with Gasteiger partial charge in [-0.1, -0.05) is 60.7 Å². The molecule has 0 aliphatic carbocycles. The fourth-order valence-corrected chi connectivity index (χ4v) is 3.53. The molecular weight excluding hydrogens is 282 g/mol. The van der Waals surface area contributed by atoms with E-state index in [9.17, 15) is 5.11 Å². The Balaban J connectivity index is 1.79. The Morgan fingerprint density at radius 2 is 1.48 bits per heavy atom. The summed E-state index contributed by atoms with van der Waals surface area (Å²) in [5.74, 6) is 0.389. The molecule has 1 atom stereocenters. The van der Waals surface area contributed by atoms with E-state index in [0.29, 0.717) is 5.92 Å². The summed E-state index contributed by atoms with van der Waals surface area (Å²) in [6.45, 7) is 5.04. The van der Waals surface area contributed by atoms with E-state index in [1.807, 2.05) is 6.92 Å². The van der Waals surface area contributed by atoms with Crippen molar-refractivity contribution in [3.8, 4) is 0 Å². The molecule has 1 aliphatic heterocycles. The summed E-state index contributed by atoms with van der Waals surface area (Å²) in [6, 6.07) is 21.6. The quantitative estimate of drug-likeness (QED) is 0.921. The van der Waals surface area contributed by atoms with Crippen LogP contribution < -0.4 is 0 Å². The average Bonchev–Trinajstić information content (AvgIpc) is 2.75. The van der Waals surface area contributed by atoms with E-state index in [1.165, 1.54) is 11.1 Å². The Bertz CT molecular complexity index is 554. The molecule has 2 heteroatoms. The number of rotatable bonds is 4. The van der Waals surface area contributed by atoms with E-state index in [2.05, 4.69) is 65.6 Å². The van der Waals surface area contributed by atoms with Crippen molar-refractivity contribution in [2.75, 3.05) is 19.6 Å². The monoisotopic (exact) mass is 309 g/mol. The molecule has 2 nitrogen and oxygen atoms in total. The maximum absolute atomic E-state index is 10.3. The molecular formula is C21H27NO. The number of hydrogen-bond donors (Lipinski definition) is 1.